The SMILES string of the molecule is C=CCOC(=O)N[C@@]1(C(=O)O)CC[C@@H]2C1[C@H]2C(=O)OCC=C. The summed E-state index contributed by atoms with van der Waals surface area (Å²) in [5.74, 6) is -2.63. The summed E-state index contributed by atoms with van der Waals surface area (Å²) in [5.41, 5.74) is -1.47. The van der Waals surface area contributed by atoms with Crippen LogP contribution in [0.3, 0.4) is 0 Å². The van der Waals surface area contributed by atoms with Gasteiger partial charge in [0.2, 0.25) is 0 Å². The highest BCUT2D eigenvalue weighted by Gasteiger charge is 2.72. The molecular formula is C15H19NO6. The van der Waals surface area contributed by atoms with Crippen LogP contribution in [0.25, 0.3) is 0 Å². The molecule has 2 rings (SSSR count). The van der Waals surface area contributed by atoms with E-state index in [1.807, 2.05) is 0 Å². The second-order valence-electron chi connectivity index (χ2n) is 5.46. The largest absolute Gasteiger partial charge is 0.479 e. The number of carbonyl (C=O) groups excluding carboxylic acids is 2. The standard InChI is InChI=1S/C15H19NO6/c1-3-7-21-12(17)10-9-5-6-15(11(9)10,13(18)19)16-14(20)22-8-4-2/h3-4,9-11H,1-2,5-8H2,(H,16,20)(H,18,19)/t9-,10-,11?,15-/m0/s1. The third kappa shape index (κ3) is 2.70. The van der Waals surface area contributed by atoms with Crippen LogP contribution in [-0.4, -0.2) is 41.9 Å². The molecule has 0 aliphatic heterocycles. The quantitative estimate of drug-likeness (QED) is 0.539. The summed E-state index contributed by atoms with van der Waals surface area (Å²) < 4.78 is 9.78. The Morgan fingerprint density at radius 3 is 2.45 bits per heavy atom. The number of hydrogen-bond donors (Lipinski definition) is 2. The Kier molecular flexibility index (Phi) is 4.54. The molecule has 2 saturated carbocycles. The Labute approximate surface area is 128 Å². The van der Waals surface area contributed by atoms with Crippen LogP contribution in [0, 0.1) is 17.8 Å². The average molecular weight is 309 g/mol. The number of nitrogens with one attached hydrogen (secondary N) is 1. The Morgan fingerprint density at radius 2 is 1.86 bits per heavy atom. The van der Waals surface area contributed by atoms with Crippen molar-refractivity contribution in [3.63, 3.8) is 0 Å². The van der Waals surface area contributed by atoms with Crippen LogP contribution in [0.1, 0.15) is 12.8 Å². The topological polar surface area (TPSA) is 102 Å². The van der Waals surface area contributed by atoms with E-state index in [1.54, 1.807) is 0 Å². The first-order valence-corrected chi connectivity index (χ1v) is 7.04. The molecule has 120 valence electrons. The minimum atomic E-state index is -1.47. The van der Waals surface area contributed by atoms with Crippen molar-refractivity contribution in [1.82, 2.24) is 5.32 Å². The fraction of sp³-hybridized carbons (Fsp3) is 0.533. The molecule has 1 amide bonds. The number of rotatable bonds is 7. The summed E-state index contributed by atoms with van der Waals surface area (Å²) in [6, 6.07) is 0. The van der Waals surface area contributed by atoms with Gasteiger partial charge in [-0.05, 0) is 18.8 Å². The Hall–Kier alpha value is -2.31. The van der Waals surface area contributed by atoms with Crippen molar-refractivity contribution in [2.24, 2.45) is 17.8 Å². The van der Waals surface area contributed by atoms with Gasteiger partial charge < -0.3 is 19.9 Å². The Bertz CT molecular complexity index is 516. The monoisotopic (exact) mass is 309 g/mol. The van der Waals surface area contributed by atoms with Crippen molar-refractivity contribution in [2.75, 3.05) is 13.2 Å². The van der Waals surface area contributed by atoms with Gasteiger partial charge in [0.25, 0.3) is 0 Å². The molecule has 0 radical (unpaired) electrons. The van der Waals surface area contributed by atoms with Gasteiger partial charge in [-0.15, -0.1) is 0 Å². The minimum Gasteiger partial charge on any atom is -0.479 e. The van der Waals surface area contributed by atoms with Gasteiger partial charge in [-0.25, -0.2) is 9.59 Å². The lowest BCUT2D eigenvalue weighted by Gasteiger charge is -2.28. The van der Waals surface area contributed by atoms with Crippen LogP contribution in [0.5, 0.6) is 0 Å². The molecule has 22 heavy (non-hydrogen) atoms. The zero-order chi connectivity index (χ0) is 16.3. The second kappa shape index (κ2) is 6.21. The predicted octanol–water partition coefficient (Wildman–Crippen LogP) is 1.11. The highest BCUT2D eigenvalue weighted by Crippen LogP contribution is 2.62. The van der Waals surface area contributed by atoms with E-state index in [0.29, 0.717) is 6.42 Å². The number of carboxylic acid groups (broad SMARTS) is 1. The summed E-state index contributed by atoms with van der Waals surface area (Å²) in [5, 5.41) is 12.0. The smallest absolute Gasteiger partial charge is 0.408 e. The summed E-state index contributed by atoms with van der Waals surface area (Å²) in [7, 11) is 0. The number of hydrogen-bond acceptors (Lipinski definition) is 5. The molecule has 0 saturated heterocycles. The van der Waals surface area contributed by atoms with Crippen molar-refractivity contribution in [3.05, 3.63) is 25.3 Å². The second-order valence-corrected chi connectivity index (χ2v) is 5.46. The molecule has 2 aliphatic rings. The van der Waals surface area contributed by atoms with Crippen LogP contribution < -0.4 is 5.32 Å². The first-order valence-electron chi connectivity index (χ1n) is 7.04. The van der Waals surface area contributed by atoms with E-state index < -0.39 is 35.4 Å². The summed E-state index contributed by atoms with van der Waals surface area (Å²) in [6.07, 6.45) is 2.83. The van der Waals surface area contributed by atoms with Crippen molar-refractivity contribution < 1.29 is 29.0 Å². The van der Waals surface area contributed by atoms with Gasteiger partial charge in [-0.2, -0.15) is 0 Å². The lowest BCUT2D eigenvalue weighted by molar-refractivity contribution is -0.148. The molecule has 2 aliphatic carbocycles. The third-order valence-electron chi connectivity index (χ3n) is 4.26. The highest BCUT2D eigenvalue weighted by atomic mass is 16.5. The summed E-state index contributed by atoms with van der Waals surface area (Å²) >= 11 is 0. The fourth-order valence-corrected chi connectivity index (χ4v) is 3.33. The van der Waals surface area contributed by atoms with Gasteiger partial charge in [0, 0.05) is 5.92 Å². The molecule has 4 atom stereocenters. The average Bonchev–Trinajstić information content (AvgIpc) is 3.11. The molecule has 0 heterocycles. The molecule has 2 fully saturated rings. The van der Waals surface area contributed by atoms with E-state index in [-0.39, 0.29) is 25.6 Å². The van der Waals surface area contributed by atoms with Crippen molar-refractivity contribution >= 4 is 18.0 Å². The lowest BCUT2D eigenvalue weighted by atomic mass is 9.90. The van der Waals surface area contributed by atoms with E-state index in [2.05, 4.69) is 18.5 Å². The van der Waals surface area contributed by atoms with Gasteiger partial charge in [0.15, 0.2) is 0 Å². The third-order valence-corrected chi connectivity index (χ3v) is 4.26. The molecular weight excluding hydrogens is 290 g/mol. The van der Waals surface area contributed by atoms with Crippen LogP contribution in [0.15, 0.2) is 25.3 Å². The summed E-state index contributed by atoms with van der Waals surface area (Å²) in [6.45, 7) is 6.94. The van der Waals surface area contributed by atoms with Gasteiger partial charge in [-0.1, -0.05) is 25.3 Å². The van der Waals surface area contributed by atoms with Gasteiger partial charge in [-0.3, -0.25) is 4.79 Å². The van der Waals surface area contributed by atoms with E-state index in [1.165, 1.54) is 12.2 Å². The zero-order valence-electron chi connectivity index (χ0n) is 12.1. The molecule has 0 aromatic heterocycles. The van der Waals surface area contributed by atoms with Crippen molar-refractivity contribution in [3.8, 4) is 0 Å². The van der Waals surface area contributed by atoms with Crippen molar-refractivity contribution in [1.29, 1.82) is 0 Å². The van der Waals surface area contributed by atoms with Crippen LogP contribution >= 0.6 is 0 Å². The molecule has 2 N–H and O–H groups in total. The van der Waals surface area contributed by atoms with Crippen LogP contribution in [0.2, 0.25) is 0 Å². The van der Waals surface area contributed by atoms with Crippen molar-refractivity contribution in [2.45, 2.75) is 18.4 Å². The predicted molar refractivity (Wildman–Crippen MR) is 75.9 cm³/mol. The first-order chi connectivity index (χ1) is 10.5. The maximum Gasteiger partial charge on any atom is 0.408 e. The minimum absolute atomic E-state index is 0.0135. The Balaban J connectivity index is 2.07. The maximum atomic E-state index is 11.9. The van der Waals surface area contributed by atoms with E-state index in [9.17, 15) is 19.5 Å². The molecule has 0 bridgehead atoms. The number of esters is 1. The Morgan fingerprint density at radius 1 is 1.23 bits per heavy atom. The van der Waals surface area contributed by atoms with E-state index in [0.717, 1.165) is 0 Å². The number of aliphatic carboxylic acids is 1. The molecule has 0 aromatic carbocycles. The number of ether oxygens (including phenoxy) is 2. The number of alkyl carbamates (subject to hydrolysis) is 1. The first kappa shape index (κ1) is 16.1. The highest BCUT2D eigenvalue weighted by molar-refractivity contribution is 5.89. The molecule has 0 spiro atoms. The molecule has 7 heteroatoms. The number of carboxylic acids is 1. The normalized spacial score (nSPS) is 31.5. The number of amides is 1. The summed E-state index contributed by atoms with van der Waals surface area (Å²) in [4.78, 5) is 35.3. The van der Waals surface area contributed by atoms with Gasteiger partial charge >= 0.3 is 18.0 Å². The zero-order valence-corrected chi connectivity index (χ0v) is 12.1. The van der Waals surface area contributed by atoms with Crippen LogP contribution in [-0.2, 0) is 19.1 Å². The fourth-order valence-electron chi connectivity index (χ4n) is 3.33. The van der Waals surface area contributed by atoms with E-state index in [4.69, 9.17) is 9.47 Å². The molecule has 0 aromatic rings. The molecule has 1 unspecified atom stereocenters. The van der Waals surface area contributed by atoms with Gasteiger partial charge in [0.1, 0.15) is 18.8 Å². The lowest BCUT2D eigenvalue weighted by Crippen LogP contribution is -2.56. The number of fused-ring (bicyclic) bond motifs is 1. The number of carbonyl (C=O) groups is 3. The molecule has 7 nitrogen and oxygen atoms in total. The van der Waals surface area contributed by atoms with Crippen LogP contribution in [0.4, 0.5) is 4.79 Å². The maximum absolute atomic E-state index is 11.9. The van der Waals surface area contributed by atoms with Gasteiger partial charge in [0.05, 0.1) is 5.92 Å². The van der Waals surface area contributed by atoms with E-state index >= 15 is 0 Å².